The number of hydrogen-bond acceptors (Lipinski definition) is 2. The molecule has 0 amide bonds. The normalized spacial score (nSPS) is 23.1. The van der Waals surface area contributed by atoms with E-state index >= 15 is 0 Å². The fraction of sp³-hybridized carbons (Fsp3) is 0.625. The topological polar surface area (TPSA) is 15.3 Å². The van der Waals surface area contributed by atoms with Gasteiger partial charge in [0, 0.05) is 18.6 Å². The van der Waals surface area contributed by atoms with Crippen molar-refractivity contribution in [3.8, 4) is 0 Å². The van der Waals surface area contributed by atoms with Gasteiger partial charge in [-0.15, -0.1) is 0 Å². The number of anilines is 1. The first-order valence-electron chi connectivity index (χ1n) is 7.44. The van der Waals surface area contributed by atoms with Crippen molar-refractivity contribution in [1.82, 2.24) is 5.32 Å². The van der Waals surface area contributed by atoms with Crippen LogP contribution in [0.15, 0.2) is 18.2 Å². The van der Waals surface area contributed by atoms with Crippen molar-refractivity contribution in [2.24, 2.45) is 0 Å². The van der Waals surface area contributed by atoms with Crippen molar-refractivity contribution in [1.29, 1.82) is 0 Å². The lowest BCUT2D eigenvalue weighted by molar-refractivity contribution is 0.628. The molecule has 1 aromatic rings. The third kappa shape index (κ3) is 3.24. The van der Waals surface area contributed by atoms with E-state index in [9.17, 15) is 0 Å². The molecule has 0 spiro atoms. The molecule has 1 saturated heterocycles. The summed E-state index contributed by atoms with van der Waals surface area (Å²) in [6, 6.07) is 7.74. The third-order valence-corrected chi connectivity index (χ3v) is 4.43. The molecule has 2 atom stereocenters. The van der Waals surface area contributed by atoms with Gasteiger partial charge in [0.05, 0.1) is 10.7 Å². The summed E-state index contributed by atoms with van der Waals surface area (Å²) in [7, 11) is 0. The summed E-state index contributed by atoms with van der Waals surface area (Å²) in [6.07, 6.45) is 3.75. The molecule has 0 aliphatic carbocycles. The molecule has 1 aliphatic heterocycles. The van der Waals surface area contributed by atoms with Gasteiger partial charge in [0.25, 0.3) is 0 Å². The van der Waals surface area contributed by atoms with Gasteiger partial charge in [0.15, 0.2) is 0 Å². The van der Waals surface area contributed by atoms with Crippen LogP contribution >= 0.6 is 11.6 Å². The van der Waals surface area contributed by atoms with Crippen molar-refractivity contribution in [2.75, 3.05) is 11.4 Å². The van der Waals surface area contributed by atoms with Gasteiger partial charge in [0.2, 0.25) is 0 Å². The first-order valence-corrected chi connectivity index (χ1v) is 7.82. The van der Waals surface area contributed by atoms with Crippen LogP contribution in [0.5, 0.6) is 0 Å². The maximum absolute atomic E-state index is 6.51. The zero-order valence-electron chi connectivity index (χ0n) is 12.2. The Balaban J connectivity index is 2.20. The predicted molar refractivity (Wildman–Crippen MR) is 84.1 cm³/mol. The largest absolute Gasteiger partial charge is 0.365 e. The van der Waals surface area contributed by atoms with Gasteiger partial charge < -0.3 is 10.2 Å². The lowest BCUT2D eigenvalue weighted by Crippen LogP contribution is -2.34. The van der Waals surface area contributed by atoms with Crippen LogP contribution in [-0.4, -0.2) is 18.6 Å². The molecule has 2 nitrogen and oxygen atoms in total. The molecule has 2 unspecified atom stereocenters. The second-order valence-corrected chi connectivity index (χ2v) is 5.87. The second kappa shape index (κ2) is 6.62. The van der Waals surface area contributed by atoms with E-state index in [2.05, 4.69) is 49.2 Å². The Kier molecular flexibility index (Phi) is 5.12. The van der Waals surface area contributed by atoms with E-state index in [1.165, 1.54) is 30.5 Å². The number of nitrogens with zero attached hydrogens (tertiary/aromatic N) is 1. The maximum Gasteiger partial charge on any atom is 0.0642 e. The lowest BCUT2D eigenvalue weighted by atomic mass is 10.1. The average Bonchev–Trinajstić information content (AvgIpc) is 2.78. The molecule has 0 aromatic heterocycles. The van der Waals surface area contributed by atoms with Crippen LogP contribution in [-0.2, 0) is 6.54 Å². The van der Waals surface area contributed by atoms with Gasteiger partial charge in [-0.3, -0.25) is 0 Å². The molecular formula is C16H25ClN2. The van der Waals surface area contributed by atoms with Crippen molar-refractivity contribution in [2.45, 2.75) is 58.7 Å². The summed E-state index contributed by atoms with van der Waals surface area (Å²) in [6.45, 7) is 8.57. The minimum Gasteiger partial charge on any atom is -0.365 e. The fourth-order valence-electron chi connectivity index (χ4n) is 3.05. The minimum atomic E-state index is 0.599. The fourth-order valence-corrected chi connectivity index (χ4v) is 3.35. The summed E-state index contributed by atoms with van der Waals surface area (Å²) < 4.78 is 0. The molecule has 2 rings (SSSR count). The molecular weight excluding hydrogens is 256 g/mol. The summed E-state index contributed by atoms with van der Waals surface area (Å²) >= 11 is 6.51. The Hall–Kier alpha value is -0.730. The Labute approximate surface area is 122 Å². The number of rotatable bonds is 5. The van der Waals surface area contributed by atoms with Crippen molar-refractivity contribution < 1.29 is 0 Å². The number of nitrogens with one attached hydrogen (secondary N) is 1. The molecule has 1 aromatic carbocycles. The van der Waals surface area contributed by atoms with Gasteiger partial charge >= 0.3 is 0 Å². The monoisotopic (exact) mass is 280 g/mol. The standard InChI is InChI=1S/C16H25ClN2/c1-4-14-8-6-12(3)19(14)16-9-7-13(10-15(16)17)11-18-5-2/h7,9-10,12,14,18H,4-6,8,11H2,1-3H3. The highest BCUT2D eigenvalue weighted by Crippen LogP contribution is 2.36. The minimum absolute atomic E-state index is 0.599. The van der Waals surface area contributed by atoms with E-state index in [0.29, 0.717) is 12.1 Å². The molecule has 1 aliphatic rings. The maximum atomic E-state index is 6.51. The van der Waals surface area contributed by atoms with Gasteiger partial charge in [0.1, 0.15) is 0 Å². The van der Waals surface area contributed by atoms with Crippen LogP contribution in [0.25, 0.3) is 0 Å². The van der Waals surface area contributed by atoms with Crippen LogP contribution in [0.3, 0.4) is 0 Å². The lowest BCUT2D eigenvalue weighted by Gasteiger charge is -2.31. The SMILES string of the molecule is CCNCc1ccc(N2C(C)CCC2CC)c(Cl)c1. The molecule has 19 heavy (non-hydrogen) atoms. The molecule has 1 heterocycles. The number of hydrogen-bond donors (Lipinski definition) is 1. The molecule has 0 bridgehead atoms. The van der Waals surface area contributed by atoms with E-state index in [4.69, 9.17) is 11.6 Å². The summed E-state index contributed by atoms with van der Waals surface area (Å²) in [5, 5.41) is 4.23. The van der Waals surface area contributed by atoms with E-state index < -0.39 is 0 Å². The summed E-state index contributed by atoms with van der Waals surface area (Å²) in [5.41, 5.74) is 2.47. The molecule has 0 saturated carbocycles. The third-order valence-electron chi connectivity index (χ3n) is 4.13. The Morgan fingerprint density at radius 3 is 2.74 bits per heavy atom. The van der Waals surface area contributed by atoms with Gasteiger partial charge in [-0.25, -0.2) is 0 Å². The van der Waals surface area contributed by atoms with Gasteiger partial charge in [-0.05, 0) is 50.4 Å². The first-order chi connectivity index (χ1) is 9.17. The van der Waals surface area contributed by atoms with Gasteiger partial charge in [-0.1, -0.05) is 31.5 Å². The second-order valence-electron chi connectivity index (χ2n) is 5.46. The van der Waals surface area contributed by atoms with Crippen molar-refractivity contribution >= 4 is 17.3 Å². The summed E-state index contributed by atoms with van der Waals surface area (Å²) in [4.78, 5) is 2.51. The number of halogens is 1. The zero-order valence-corrected chi connectivity index (χ0v) is 13.0. The Morgan fingerprint density at radius 2 is 2.11 bits per heavy atom. The zero-order chi connectivity index (χ0) is 13.8. The van der Waals surface area contributed by atoms with Crippen LogP contribution in [0, 0.1) is 0 Å². The quantitative estimate of drug-likeness (QED) is 0.869. The van der Waals surface area contributed by atoms with E-state index in [1.54, 1.807) is 0 Å². The van der Waals surface area contributed by atoms with Crippen molar-refractivity contribution in [3.63, 3.8) is 0 Å². The van der Waals surface area contributed by atoms with E-state index in [0.717, 1.165) is 18.1 Å². The highest BCUT2D eigenvalue weighted by atomic mass is 35.5. The smallest absolute Gasteiger partial charge is 0.0642 e. The Bertz CT molecular complexity index is 419. The van der Waals surface area contributed by atoms with Crippen LogP contribution < -0.4 is 10.2 Å². The highest BCUT2D eigenvalue weighted by Gasteiger charge is 2.30. The molecule has 1 N–H and O–H groups in total. The van der Waals surface area contributed by atoms with Gasteiger partial charge in [-0.2, -0.15) is 0 Å². The van der Waals surface area contributed by atoms with Crippen LogP contribution in [0.4, 0.5) is 5.69 Å². The molecule has 1 fully saturated rings. The Morgan fingerprint density at radius 1 is 1.32 bits per heavy atom. The molecule has 106 valence electrons. The first kappa shape index (κ1) is 14.7. The van der Waals surface area contributed by atoms with E-state index in [1.807, 2.05) is 0 Å². The molecule has 3 heteroatoms. The summed E-state index contributed by atoms with van der Waals surface area (Å²) in [5.74, 6) is 0. The van der Waals surface area contributed by atoms with E-state index in [-0.39, 0.29) is 0 Å². The number of benzene rings is 1. The predicted octanol–water partition coefficient (Wildman–Crippen LogP) is 4.22. The van der Waals surface area contributed by atoms with Crippen LogP contribution in [0.2, 0.25) is 5.02 Å². The highest BCUT2D eigenvalue weighted by molar-refractivity contribution is 6.33. The average molecular weight is 281 g/mol. The molecule has 0 radical (unpaired) electrons. The van der Waals surface area contributed by atoms with Crippen LogP contribution in [0.1, 0.15) is 45.6 Å². The van der Waals surface area contributed by atoms with Crippen molar-refractivity contribution in [3.05, 3.63) is 28.8 Å².